The molecule has 1 saturated heterocycles. The summed E-state index contributed by atoms with van der Waals surface area (Å²) < 4.78 is 62.5. The molecule has 0 spiro atoms. The summed E-state index contributed by atoms with van der Waals surface area (Å²) in [6, 6.07) is 3.45. The van der Waals surface area contributed by atoms with Gasteiger partial charge in [0.15, 0.2) is 0 Å². The fraction of sp³-hybridized carbons (Fsp3) is 0.462. The van der Waals surface area contributed by atoms with Crippen molar-refractivity contribution in [3.63, 3.8) is 0 Å². The monoisotopic (exact) mass is 308 g/mol. The third kappa shape index (κ3) is 3.31. The Labute approximate surface area is 117 Å². The van der Waals surface area contributed by atoms with Crippen molar-refractivity contribution < 1.29 is 26.7 Å². The van der Waals surface area contributed by atoms with Crippen LogP contribution in [0.5, 0.6) is 0 Å². The normalized spacial score (nSPS) is 23.2. The van der Waals surface area contributed by atoms with E-state index in [4.69, 9.17) is 0 Å². The fourth-order valence-corrected chi connectivity index (χ4v) is 2.25. The average Bonchev–Trinajstić information content (AvgIpc) is 2.66. The molecule has 0 aliphatic carbocycles. The predicted molar refractivity (Wildman–Crippen MR) is 64.5 cm³/mol. The van der Waals surface area contributed by atoms with Crippen LogP contribution in [0, 0.1) is 0 Å². The number of carbonyl (C=O) groups is 1. The smallest absolute Gasteiger partial charge is 0.316 e. The predicted octanol–water partition coefficient (Wildman–Crippen LogP) is 2.79. The first kappa shape index (κ1) is 15.7. The van der Waals surface area contributed by atoms with E-state index in [1.165, 1.54) is 19.1 Å². The zero-order valence-electron chi connectivity index (χ0n) is 11.0. The molecule has 2 atom stereocenters. The summed E-state index contributed by atoms with van der Waals surface area (Å²) in [6.45, 7) is 0.757. The van der Waals surface area contributed by atoms with Gasteiger partial charge in [0.05, 0.1) is 18.2 Å². The van der Waals surface area contributed by atoms with E-state index >= 15 is 0 Å². The SMILES string of the molecule is CC1NC(c2ccc(C(F)(F)F)cc2)N(CC(F)F)C1=O. The van der Waals surface area contributed by atoms with Gasteiger partial charge in [-0.15, -0.1) is 0 Å². The number of amides is 1. The topological polar surface area (TPSA) is 32.3 Å². The Morgan fingerprint density at radius 1 is 1.24 bits per heavy atom. The maximum Gasteiger partial charge on any atom is 0.416 e. The van der Waals surface area contributed by atoms with Gasteiger partial charge in [-0.25, -0.2) is 8.78 Å². The minimum atomic E-state index is -4.46. The molecule has 116 valence electrons. The number of alkyl halides is 5. The highest BCUT2D eigenvalue weighted by molar-refractivity contribution is 5.84. The number of hydrogen-bond acceptors (Lipinski definition) is 2. The minimum absolute atomic E-state index is 0.335. The standard InChI is InChI=1S/C13H13F5N2O/c1-7-12(21)20(6-10(14)15)11(19-7)8-2-4-9(5-3-8)13(16,17)18/h2-5,7,10-11,19H,6H2,1H3. The van der Waals surface area contributed by atoms with Crippen LogP contribution in [0.25, 0.3) is 0 Å². The van der Waals surface area contributed by atoms with Crippen molar-refractivity contribution in [1.29, 1.82) is 0 Å². The van der Waals surface area contributed by atoms with Gasteiger partial charge in [-0.3, -0.25) is 10.1 Å². The molecule has 3 nitrogen and oxygen atoms in total. The minimum Gasteiger partial charge on any atom is -0.316 e. The Morgan fingerprint density at radius 3 is 2.29 bits per heavy atom. The van der Waals surface area contributed by atoms with Crippen LogP contribution >= 0.6 is 0 Å². The molecule has 0 aromatic heterocycles. The quantitative estimate of drug-likeness (QED) is 0.871. The lowest BCUT2D eigenvalue weighted by Crippen LogP contribution is -2.34. The van der Waals surface area contributed by atoms with Crippen LogP contribution < -0.4 is 5.32 Å². The molecule has 2 rings (SSSR count). The van der Waals surface area contributed by atoms with Gasteiger partial charge in [0.1, 0.15) is 6.17 Å². The molecular weight excluding hydrogens is 295 g/mol. The van der Waals surface area contributed by atoms with Crippen molar-refractivity contribution in [3.05, 3.63) is 35.4 Å². The van der Waals surface area contributed by atoms with Crippen molar-refractivity contribution in [3.8, 4) is 0 Å². The maximum atomic E-state index is 12.5. The number of rotatable bonds is 3. The van der Waals surface area contributed by atoms with Gasteiger partial charge in [-0.2, -0.15) is 13.2 Å². The summed E-state index contributed by atoms with van der Waals surface area (Å²) in [7, 11) is 0. The van der Waals surface area contributed by atoms with Gasteiger partial charge in [0, 0.05) is 0 Å². The molecule has 1 N–H and O–H groups in total. The van der Waals surface area contributed by atoms with Crippen molar-refractivity contribution in [2.45, 2.75) is 31.7 Å². The van der Waals surface area contributed by atoms with Crippen LogP contribution in [0.3, 0.4) is 0 Å². The molecule has 0 bridgehead atoms. The highest BCUT2D eigenvalue weighted by Gasteiger charge is 2.38. The van der Waals surface area contributed by atoms with Crippen LogP contribution in [-0.4, -0.2) is 29.8 Å². The molecule has 0 saturated carbocycles. The number of nitrogens with one attached hydrogen (secondary N) is 1. The number of benzene rings is 1. The molecule has 1 aromatic carbocycles. The Bertz CT molecular complexity index is 514. The molecule has 1 amide bonds. The van der Waals surface area contributed by atoms with E-state index in [0.29, 0.717) is 5.56 Å². The highest BCUT2D eigenvalue weighted by Crippen LogP contribution is 2.31. The number of carbonyl (C=O) groups excluding carboxylic acids is 1. The van der Waals surface area contributed by atoms with E-state index in [0.717, 1.165) is 17.0 Å². The summed E-state index contributed by atoms with van der Waals surface area (Å²) in [5.41, 5.74) is -0.495. The molecule has 1 fully saturated rings. The van der Waals surface area contributed by atoms with E-state index in [9.17, 15) is 26.7 Å². The second kappa shape index (κ2) is 5.59. The second-order valence-corrected chi connectivity index (χ2v) is 4.79. The lowest BCUT2D eigenvalue weighted by atomic mass is 10.1. The molecule has 1 aromatic rings. The van der Waals surface area contributed by atoms with Crippen LogP contribution in [0.15, 0.2) is 24.3 Å². The maximum absolute atomic E-state index is 12.5. The Balaban J connectivity index is 2.25. The molecule has 1 aliphatic rings. The lowest BCUT2D eigenvalue weighted by molar-refractivity contribution is -0.137. The molecule has 2 unspecified atom stereocenters. The summed E-state index contributed by atoms with van der Waals surface area (Å²) in [5.74, 6) is -0.500. The summed E-state index contributed by atoms with van der Waals surface area (Å²) in [6.07, 6.45) is -8.02. The molecule has 1 aliphatic heterocycles. The first-order valence-corrected chi connectivity index (χ1v) is 6.22. The molecular formula is C13H13F5N2O. The number of nitrogens with zero attached hydrogens (tertiary/aromatic N) is 1. The molecule has 0 radical (unpaired) electrons. The van der Waals surface area contributed by atoms with Crippen LogP contribution in [-0.2, 0) is 11.0 Å². The Kier molecular flexibility index (Phi) is 4.18. The van der Waals surface area contributed by atoms with Crippen LogP contribution in [0.2, 0.25) is 0 Å². The van der Waals surface area contributed by atoms with Crippen LogP contribution in [0.4, 0.5) is 22.0 Å². The molecule has 1 heterocycles. The fourth-order valence-electron chi connectivity index (χ4n) is 2.25. The van der Waals surface area contributed by atoms with Gasteiger partial charge in [-0.05, 0) is 24.6 Å². The molecule has 8 heteroatoms. The van der Waals surface area contributed by atoms with Crippen molar-refractivity contribution in [2.75, 3.05) is 6.54 Å². The molecule has 21 heavy (non-hydrogen) atoms. The Morgan fingerprint density at radius 2 is 1.81 bits per heavy atom. The first-order valence-electron chi connectivity index (χ1n) is 6.22. The van der Waals surface area contributed by atoms with Crippen molar-refractivity contribution >= 4 is 5.91 Å². The first-order chi connectivity index (χ1) is 9.70. The van der Waals surface area contributed by atoms with Gasteiger partial charge in [0.2, 0.25) is 5.91 Å². The van der Waals surface area contributed by atoms with Gasteiger partial charge < -0.3 is 4.90 Å². The third-order valence-electron chi connectivity index (χ3n) is 3.26. The summed E-state index contributed by atoms with van der Waals surface area (Å²) >= 11 is 0. The summed E-state index contributed by atoms with van der Waals surface area (Å²) in [4.78, 5) is 12.7. The lowest BCUT2D eigenvalue weighted by Gasteiger charge is -2.24. The number of halogens is 5. The average molecular weight is 308 g/mol. The third-order valence-corrected chi connectivity index (χ3v) is 3.26. The number of hydrogen-bond donors (Lipinski definition) is 1. The summed E-state index contributed by atoms with van der Waals surface area (Å²) in [5, 5.41) is 2.80. The van der Waals surface area contributed by atoms with E-state index in [1.807, 2.05) is 0 Å². The van der Waals surface area contributed by atoms with Gasteiger partial charge in [0.25, 0.3) is 6.43 Å². The van der Waals surface area contributed by atoms with Gasteiger partial charge >= 0.3 is 6.18 Å². The van der Waals surface area contributed by atoms with Gasteiger partial charge in [-0.1, -0.05) is 12.1 Å². The van der Waals surface area contributed by atoms with Crippen LogP contribution in [0.1, 0.15) is 24.2 Å². The van der Waals surface area contributed by atoms with Crippen molar-refractivity contribution in [2.24, 2.45) is 0 Å². The van der Waals surface area contributed by atoms with Crippen molar-refractivity contribution in [1.82, 2.24) is 10.2 Å². The zero-order chi connectivity index (χ0) is 15.8. The highest BCUT2D eigenvalue weighted by atomic mass is 19.4. The zero-order valence-corrected chi connectivity index (χ0v) is 11.0. The largest absolute Gasteiger partial charge is 0.416 e. The van der Waals surface area contributed by atoms with E-state index in [-0.39, 0.29) is 0 Å². The van der Waals surface area contributed by atoms with E-state index < -0.39 is 42.8 Å². The van der Waals surface area contributed by atoms with E-state index in [2.05, 4.69) is 5.32 Å². The Hall–Kier alpha value is -1.70. The van der Waals surface area contributed by atoms with E-state index in [1.54, 1.807) is 0 Å². The second-order valence-electron chi connectivity index (χ2n) is 4.79.